The van der Waals surface area contributed by atoms with E-state index < -0.39 is 11.9 Å². The molecule has 2 N–H and O–H groups in total. The van der Waals surface area contributed by atoms with Crippen LogP contribution in [0.4, 0.5) is 0 Å². The summed E-state index contributed by atoms with van der Waals surface area (Å²) in [5.74, 6) is 0.657. The van der Waals surface area contributed by atoms with Gasteiger partial charge in [-0.15, -0.1) is 0 Å². The maximum atomic E-state index is 12.4. The van der Waals surface area contributed by atoms with Crippen LogP contribution in [0.2, 0.25) is 5.02 Å². The maximum Gasteiger partial charge on any atom is 0.336 e. The molecule has 0 saturated carbocycles. The third-order valence-corrected chi connectivity index (χ3v) is 6.78. The zero-order chi connectivity index (χ0) is 29.5. The van der Waals surface area contributed by atoms with E-state index in [2.05, 4.69) is 6.07 Å². The van der Waals surface area contributed by atoms with Gasteiger partial charge in [-0.1, -0.05) is 66.2 Å². The Morgan fingerprint density at radius 3 is 2.52 bits per heavy atom. The molecule has 0 amide bonds. The van der Waals surface area contributed by atoms with Gasteiger partial charge in [0, 0.05) is 22.7 Å². The molecule has 210 valence electrons. The fraction of sp³-hybridized carbons (Fsp3) is 0.118. The molecule has 1 aliphatic heterocycles. The number of fused-ring (bicyclic) bond motifs is 1. The van der Waals surface area contributed by atoms with E-state index >= 15 is 0 Å². The van der Waals surface area contributed by atoms with Gasteiger partial charge in [0.2, 0.25) is 5.88 Å². The average molecular weight is 579 g/mol. The van der Waals surface area contributed by atoms with Crippen LogP contribution in [0.1, 0.15) is 35.1 Å². The van der Waals surface area contributed by atoms with Crippen molar-refractivity contribution in [1.82, 2.24) is 0 Å². The highest BCUT2D eigenvalue weighted by molar-refractivity contribution is 6.30. The smallest absolute Gasteiger partial charge is 0.336 e. The van der Waals surface area contributed by atoms with Crippen molar-refractivity contribution in [3.8, 4) is 29.1 Å². The highest BCUT2D eigenvalue weighted by Gasteiger charge is 2.31. The van der Waals surface area contributed by atoms with Crippen molar-refractivity contribution in [1.29, 1.82) is 5.26 Å². The zero-order valence-corrected chi connectivity index (χ0v) is 23.5. The summed E-state index contributed by atoms with van der Waals surface area (Å²) < 4.78 is 23.3. The van der Waals surface area contributed by atoms with Crippen molar-refractivity contribution < 1.29 is 23.7 Å². The molecule has 4 aromatic rings. The summed E-state index contributed by atoms with van der Waals surface area (Å²) in [4.78, 5) is 12.4. The third kappa shape index (κ3) is 6.57. The van der Waals surface area contributed by atoms with E-state index in [9.17, 15) is 10.1 Å². The molecular formula is C34H27ClN2O5. The Labute approximate surface area is 249 Å². The molecule has 0 radical (unpaired) electrons. The number of ether oxygens (including phenoxy) is 4. The third-order valence-electron chi connectivity index (χ3n) is 6.53. The molecule has 1 atom stereocenters. The van der Waals surface area contributed by atoms with Gasteiger partial charge in [0.05, 0.1) is 12.5 Å². The quantitative estimate of drug-likeness (QED) is 0.128. The van der Waals surface area contributed by atoms with Crippen molar-refractivity contribution in [3.05, 3.63) is 136 Å². The van der Waals surface area contributed by atoms with Gasteiger partial charge in [-0.2, -0.15) is 5.26 Å². The second kappa shape index (κ2) is 13.0. The van der Waals surface area contributed by atoms with E-state index in [1.807, 2.05) is 79.7 Å². The largest absolute Gasteiger partial charge is 0.490 e. The minimum absolute atomic E-state index is 0.0246. The Balaban J connectivity index is 1.40. The summed E-state index contributed by atoms with van der Waals surface area (Å²) in [6.45, 7) is 2.63. The first kappa shape index (κ1) is 28.3. The van der Waals surface area contributed by atoms with Crippen LogP contribution < -0.4 is 24.7 Å². The minimum atomic E-state index is -0.539. The summed E-state index contributed by atoms with van der Waals surface area (Å²) in [5, 5.41) is 10.6. The molecule has 0 fully saturated rings. The van der Waals surface area contributed by atoms with Gasteiger partial charge in [0.1, 0.15) is 29.7 Å². The van der Waals surface area contributed by atoms with E-state index in [-0.39, 0.29) is 17.2 Å². The Morgan fingerprint density at radius 1 is 1.00 bits per heavy atom. The Morgan fingerprint density at radius 2 is 1.79 bits per heavy atom. The van der Waals surface area contributed by atoms with Gasteiger partial charge >= 0.3 is 5.97 Å². The summed E-state index contributed by atoms with van der Waals surface area (Å²) >= 11 is 5.99. The Kier molecular flexibility index (Phi) is 8.76. The number of halogens is 1. The van der Waals surface area contributed by atoms with Crippen LogP contribution in [0, 0.1) is 11.3 Å². The zero-order valence-electron chi connectivity index (χ0n) is 22.8. The molecular weight excluding hydrogens is 552 g/mol. The number of rotatable bonds is 9. The van der Waals surface area contributed by atoms with Crippen LogP contribution in [0.3, 0.4) is 0 Å². The topological polar surface area (TPSA) is 104 Å². The summed E-state index contributed by atoms with van der Waals surface area (Å²) in [5.41, 5.74) is 9.74. The van der Waals surface area contributed by atoms with Crippen LogP contribution in [0.5, 0.6) is 23.0 Å². The summed E-state index contributed by atoms with van der Waals surface area (Å²) in [6, 6.07) is 29.6. The van der Waals surface area contributed by atoms with Gasteiger partial charge in [-0.05, 0) is 60.0 Å². The first-order valence-corrected chi connectivity index (χ1v) is 13.6. The lowest BCUT2D eigenvalue weighted by Crippen LogP contribution is -2.21. The molecule has 5 rings (SSSR count). The number of nitrogens with zero attached hydrogens (tertiary/aromatic N) is 1. The fourth-order valence-corrected chi connectivity index (χ4v) is 4.68. The van der Waals surface area contributed by atoms with Crippen molar-refractivity contribution in [2.45, 2.75) is 19.4 Å². The Bertz CT molecular complexity index is 1690. The van der Waals surface area contributed by atoms with Crippen LogP contribution >= 0.6 is 11.6 Å². The van der Waals surface area contributed by atoms with Crippen molar-refractivity contribution in [3.63, 3.8) is 0 Å². The lowest BCUT2D eigenvalue weighted by atomic mass is 9.83. The SMILES string of the molecule is CCOc1cc(C2C(C#N)=C(N)Oc3cc(OC(=O)/C=C/c4ccccc4)ccc32)ccc1OCc1ccc(Cl)cc1. The van der Waals surface area contributed by atoms with E-state index in [1.54, 1.807) is 24.3 Å². The second-order valence-corrected chi connectivity index (χ2v) is 9.78. The van der Waals surface area contributed by atoms with Crippen molar-refractivity contribution in [2.75, 3.05) is 6.61 Å². The second-order valence-electron chi connectivity index (χ2n) is 9.34. The Hall–Kier alpha value is -5.19. The number of allylic oxidation sites excluding steroid dienone is 1. The minimum Gasteiger partial charge on any atom is -0.490 e. The number of carbonyl (C=O) groups is 1. The van der Waals surface area contributed by atoms with Gasteiger partial charge in [0.15, 0.2) is 11.5 Å². The van der Waals surface area contributed by atoms with Crippen molar-refractivity contribution >= 4 is 23.6 Å². The number of nitrogens with two attached hydrogens (primary N) is 1. The molecule has 8 heteroatoms. The first-order chi connectivity index (χ1) is 20.4. The highest BCUT2D eigenvalue weighted by atomic mass is 35.5. The molecule has 1 heterocycles. The van der Waals surface area contributed by atoms with E-state index in [0.717, 1.165) is 16.7 Å². The number of carbonyl (C=O) groups excluding carboxylic acids is 1. The molecule has 0 bridgehead atoms. The molecule has 1 unspecified atom stereocenters. The lowest BCUT2D eigenvalue weighted by Gasteiger charge is -2.27. The number of esters is 1. The summed E-state index contributed by atoms with van der Waals surface area (Å²) in [6.07, 6.45) is 3.03. The van der Waals surface area contributed by atoms with Gasteiger partial charge in [-0.3, -0.25) is 0 Å². The van der Waals surface area contributed by atoms with E-state index in [1.165, 1.54) is 6.08 Å². The molecule has 4 aromatic carbocycles. The van der Waals surface area contributed by atoms with Crippen LogP contribution in [-0.4, -0.2) is 12.6 Å². The molecule has 7 nitrogen and oxygen atoms in total. The first-order valence-electron chi connectivity index (χ1n) is 13.3. The van der Waals surface area contributed by atoms with Crippen LogP contribution in [-0.2, 0) is 11.4 Å². The number of nitriles is 1. The molecule has 0 spiro atoms. The fourth-order valence-electron chi connectivity index (χ4n) is 4.55. The lowest BCUT2D eigenvalue weighted by molar-refractivity contribution is -0.128. The van der Waals surface area contributed by atoms with Crippen LogP contribution in [0.25, 0.3) is 6.08 Å². The van der Waals surface area contributed by atoms with Gasteiger partial charge in [0.25, 0.3) is 0 Å². The van der Waals surface area contributed by atoms with Crippen molar-refractivity contribution in [2.24, 2.45) is 5.73 Å². The predicted octanol–water partition coefficient (Wildman–Crippen LogP) is 7.15. The van der Waals surface area contributed by atoms with E-state index in [4.69, 9.17) is 36.3 Å². The molecule has 0 saturated heterocycles. The number of hydrogen-bond acceptors (Lipinski definition) is 7. The maximum absolute atomic E-state index is 12.4. The predicted molar refractivity (Wildman–Crippen MR) is 160 cm³/mol. The molecule has 0 aromatic heterocycles. The highest BCUT2D eigenvalue weighted by Crippen LogP contribution is 2.45. The van der Waals surface area contributed by atoms with Gasteiger partial charge < -0.3 is 24.7 Å². The van der Waals surface area contributed by atoms with Crippen LogP contribution in [0.15, 0.2) is 109 Å². The van der Waals surface area contributed by atoms with E-state index in [0.29, 0.717) is 41.0 Å². The summed E-state index contributed by atoms with van der Waals surface area (Å²) in [7, 11) is 0. The monoisotopic (exact) mass is 578 g/mol. The molecule has 42 heavy (non-hydrogen) atoms. The normalized spacial score (nSPS) is 14.1. The average Bonchev–Trinajstić information content (AvgIpc) is 3.00. The molecule has 0 aliphatic carbocycles. The molecule has 1 aliphatic rings. The number of hydrogen-bond donors (Lipinski definition) is 1. The standard InChI is InChI=1S/C34H27ClN2O5/c1-2-39-31-18-24(11-16-29(31)40-21-23-8-12-25(35)13-9-23)33-27-15-14-26(19-30(27)42-34(37)28(33)20-36)41-32(38)17-10-22-6-4-3-5-7-22/h3-19,33H,2,21,37H2,1H3/b17-10+. The number of benzene rings is 4. The van der Waals surface area contributed by atoms with Gasteiger partial charge in [-0.25, -0.2) is 4.79 Å².